The van der Waals surface area contributed by atoms with Gasteiger partial charge in [0.05, 0.1) is 17.2 Å². The lowest BCUT2D eigenvalue weighted by Crippen LogP contribution is -2.28. The normalized spacial score (nSPS) is 18.9. The standard InChI is InChI=1S/C12H13ClN2O3/c13-8-1-2-10(9(5-8)12(17)18)15-4-3-7(6-15)11(14)16/h1-2,5,7H,3-4,6H2,(H2,14,16)(H,17,18). The first-order valence-electron chi connectivity index (χ1n) is 5.56. The van der Waals surface area contributed by atoms with Crippen LogP contribution in [0.25, 0.3) is 0 Å². The summed E-state index contributed by atoms with van der Waals surface area (Å²) < 4.78 is 0. The molecule has 0 spiro atoms. The van der Waals surface area contributed by atoms with Gasteiger partial charge in [-0.05, 0) is 24.6 Å². The minimum absolute atomic E-state index is 0.146. The van der Waals surface area contributed by atoms with Crippen LogP contribution in [0, 0.1) is 5.92 Å². The van der Waals surface area contributed by atoms with E-state index in [2.05, 4.69) is 0 Å². The number of anilines is 1. The van der Waals surface area contributed by atoms with E-state index in [9.17, 15) is 9.59 Å². The number of hydrogen-bond acceptors (Lipinski definition) is 3. The maximum absolute atomic E-state index is 11.2. The van der Waals surface area contributed by atoms with Crippen molar-refractivity contribution in [3.63, 3.8) is 0 Å². The molecule has 2 rings (SSSR count). The van der Waals surface area contributed by atoms with Crippen LogP contribution in [0.2, 0.25) is 5.02 Å². The predicted octanol–water partition coefficient (Wildman–Crippen LogP) is 1.35. The number of hydrogen-bond donors (Lipinski definition) is 2. The molecule has 1 aromatic rings. The van der Waals surface area contributed by atoms with Gasteiger partial charge in [-0.3, -0.25) is 4.79 Å². The lowest BCUT2D eigenvalue weighted by Gasteiger charge is -2.20. The molecule has 5 nitrogen and oxygen atoms in total. The summed E-state index contributed by atoms with van der Waals surface area (Å²) in [5.74, 6) is -1.60. The highest BCUT2D eigenvalue weighted by Gasteiger charge is 2.28. The van der Waals surface area contributed by atoms with E-state index < -0.39 is 5.97 Å². The molecule has 0 bridgehead atoms. The van der Waals surface area contributed by atoms with Crippen LogP contribution in [0.1, 0.15) is 16.8 Å². The molecule has 0 aliphatic carbocycles. The van der Waals surface area contributed by atoms with Crippen molar-refractivity contribution in [2.75, 3.05) is 18.0 Å². The average Bonchev–Trinajstić information content (AvgIpc) is 2.78. The van der Waals surface area contributed by atoms with Crippen molar-refractivity contribution in [1.29, 1.82) is 0 Å². The zero-order chi connectivity index (χ0) is 13.3. The first kappa shape index (κ1) is 12.7. The van der Waals surface area contributed by atoms with Gasteiger partial charge in [0.2, 0.25) is 5.91 Å². The molecular formula is C12H13ClN2O3. The highest BCUT2D eigenvalue weighted by Crippen LogP contribution is 2.29. The van der Waals surface area contributed by atoms with Gasteiger partial charge >= 0.3 is 5.97 Å². The summed E-state index contributed by atoms with van der Waals surface area (Å²) in [4.78, 5) is 24.1. The van der Waals surface area contributed by atoms with Gasteiger partial charge in [0.1, 0.15) is 0 Å². The van der Waals surface area contributed by atoms with Crippen LogP contribution in [-0.4, -0.2) is 30.1 Å². The largest absolute Gasteiger partial charge is 0.478 e. The van der Waals surface area contributed by atoms with E-state index in [1.54, 1.807) is 12.1 Å². The van der Waals surface area contributed by atoms with E-state index >= 15 is 0 Å². The summed E-state index contributed by atoms with van der Waals surface area (Å²) in [6, 6.07) is 4.72. The van der Waals surface area contributed by atoms with Crippen LogP contribution in [0.5, 0.6) is 0 Å². The highest BCUT2D eigenvalue weighted by atomic mass is 35.5. The molecule has 0 aromatic heterocycles. The third-order valence-electron chi connectivity index (χ3n) is 3.12. The van der Waals surface area contributed by atoms with E-state index in [-0.39, 0.29) is 17.4 Å². The van der Waals surface area contributed by atoms with Crippen LogP contribution in [-0.2, 0) is 4.79 Å². The number of primary amides is 1. The van der Waals surface area contributed by atoms with E-state index in [1.165, 1.54) is 6.07 Å². The smallest absolute Gasteiger partial charge is 0.337 e. The average molecular weight is 269 g/mol. The Hall–Kier alpha value is -1.75. The van der Waals surface area contributed by atoms with E-state index in [0.717, 1.165) is 0 Å². The van der Waals surface area contributed by atoms with Crippen LogP contribution in [0.4, 0.5) is 5.69 Å². The fourth-order valence-electron chi connectivity index (χ4n) is 2.17. The van der Waals surface area contributed by atoms with Gasteiger partial charge in [-0.25, -0.2) is 4.79 Å². The van der Waals surface area contributed by atoms with Crippen LogP contribution >= 0.6 is 11.6 Å². The monoisotopic (exact) mass is 268 g/mol. The Morgan fingerprint density at radius 2 is 2.17 bits per heavy atom. The third-order valence-corrected chi connectivity index (χ3v) is 3.36. The maximum Gasteiger partial charge on any atom is 0.337 e. The second-order valence-corrected chi connectivity index (χ2v) is 4.74. The molecule has 0 saturated carbocycles. The number of aromatic carboxylic acids is 1. The SMILES string of the molecule is NC(=O)C1CCN(c2ccc(Cl)cc2C(=O)O)C1. The minimum atomic E-state index is -1.03. The molecule has 18 heavy (non-hydrogen) atoms. The van der Waals surface area contributed by atoms with E-state index in [0.29, 0.717) is 30.2 Å². The van der Waals surface area contributed by atoms with Crippen molar-refractivity contribution in [3.8, 4) is 0 Å². The second kappa shape index (κ2) is 4.86. The number of nitrogens with zero attached hydrogens (tertiary/aromatic N) is 1. The Morgan fingerprint density at radius 1 is 1.44 bits per heavy atom. The first-order valence-corrected chi connectivity index (χ1v) is 5.94. The molecule has 1 atom stereocenters. The first-order chi connectivity index (χ1) is 8.49. The summed E-state index contributed by atoms with van der Waals surface area (Å²) in [6.07, 6.45) is 0.650. The van der Waals surface area contributed by atoms with Crippen molar-refractivity contribution in [2.24, 2.45) is 11.7 Å². The molecule has 96 valence electrons. The number of nitrogens with two attached hydrogens (primary N) is 1. The van der Waals surface area contributed by atoms with Crippen molar-refractivity contribution in [3.05, 3.63) is 28.8 Å². The molecule has 1 saturated heterocycles. The van der Waals surface area contributed by atoms with Crippen molar-refractivity contribution < 1.29 is 14.7 Å². The van der Waals surface area contributed by atoms with Crippen molar-refractivity contribution in [2.45, 2.75) is 6.42 Å². The molecule has 3 N–H and O–H groups in total. The number of carboxylic acids is 1. The molecule has 1 aliphatic rings. The molecule has 1 aliphatic heterocycles. The number of carbonyl (C=O) groups is 2. The zero-order valence-electron chi connectivity index (χ0n) is 9.60. The van der Waals surface area contributed by atoms with E-state index in [4.69, 9.17) is 22.4 Å². The lowest BCUT2D eigenvalue weighted by atomic mass is 10.1. The minimum Gasteiger partial charge on any atom is -0.478 e. The summed E-state index contributed by atoms with van der Waals surface area (Å²) in [5, 5.41) is 9.53. The Kier molecular flexibility index (Phi) is 3.43. The number of benzene rings is 1. The molecule has 1 heterocycles. The Morgan fingerprint density at radius 3 is 2.72 bits per heavy atom. The Labute approximate surface area is 109 Å². The summed E-state index contributed by atoms with van der Waals surface area (Å²) >= 11 is 5.79. The molecule has 1 aromatic carbocycles. The van der Waals surface area contributed by atoms with Crippen LogP contribution in [0.3, 0.4) is 0 Å². The summed E-state index contributed by atoms with van der Waals surface area (Å²) in [5.41, 5.74) is 5.98. The maximum atomic E-state index is 11.2. The van der Waals surface area contributed by atoms with Gasteiger partial charge in [0.25, 0.3) is 0 Å². The Bertz CT molecular complexity index is 504. The quantitative estimate of drug-likeness (QED) is 0.867. The number of halogens is 1. The van der Waals surface area contributed by atoms with Gasteiger partial charge in [0.15, 0.2) is 0 Å². The number of carboxylic acid groups (broad SMARTS) is 1. The van der Waals surface area contributed by atoms with Crippen molar-refractivity contribution in [1.82, 2.24) is 0 Å². The summed E-state index contributed by atoms with van der Waals surface area (Å²) in [6.45, 7) is 1.08. The summed E-state index contributed by atoms with van der Waals surface area (Å²) in [7, 11) is 0. The van der Waals surface area contributed by atoms with Gasteiger partial charge in [-0.2, -0.15) is 0 Å². The van der Waals surface area contributed by atoms with Gasteiger partial charge in [0, 0.05) is 18.1 Å². The molecule has 1 unspecified atom stereocenters. The van der Waals surface area contributed by atoms with Gasteiger partial charge < -0.3 is 15.7 Å². The lowest BCUT2D eigenvalue weighted by molar-refractivity contribution is -0.121. The number of carbonyl (C=O) groups excluding carboxylic acids is 1. The van der Waals surface area contributed by atoms with Crippen LogP contribution in [0.15, 0.2) is 18.2 Å². The number of rotatable bonds is 3. The molecule has 6 heteroatoms. The molecule has 0 radical (unpaired) electrons. The Balaban J connectivity index is 2.29. The molecule has 1 amide bonds. The fourth-order valence-corrected chi connectivity index (χ4v) is 2.34. The van der Waals surface area contributed by atoms with Gasteiger partial charge in [-0.15, -0.1) is 0 Å². The molecule has 1 fully saturated rings. The number of amides is 1. The third kappa shape index (κ3) is 2.41. The predicted molar refractivity (Wildman–Crippen MR) is 67.9 cm³/mol. The topological polar surface area (TPSA) is 83.6 Å². The van der Waals surface area contributed by atoms with Crippen molar-refractivity contribution >= 4 is 29.2 Å². The second-order valence-electron chi connectivity index (χ2n) is 4.30. The fraction of sp³-hybridized carbons (Fsp3) is 0.333. The van der Waals surface area contributed by atoms with E-state index in [1.807, 2.05) is 4.90 Å². The molecular weight excluding hydrogens is 256 g/mol. The van der Waals surface area contributed by atoms with Crippen LogP contribution < -0.4 is 10.6 Å². The zero-order valence-corrected chi connectivity index (χ0v) is 10.4. The highest BCUT2D eigenvalue weighted by molar-refractivity contribution is 6.31. The van der Waals surface area contributed by atoms with Gasteiger partial charge in [-0.1, -0.05) is 11.6 Å².